The number of oxazole rings is 1. The highest BCUT2D eigenvalue weighted by molar-refractivity contribution is 6.06. The van der Waals surface area contributed by atoms with E-state index in [9.17, 15) is 4.79 Å². The number of para-hydroxylation sites is 1. The Labute approximate surface area is 104 Å². The van der Waals surface area contributed by atoms with Crippen molar-refractivity contribution in [3.8, 4) is 0 Å². The molecule has 1 unspecified atom stereocenters. The number of amides is 1. The van der Waals surface area contributed by atoms with Crippen LogP contribution in [0.15, 0.2) is 34.9 Å². The minimum atomic E-state index is -0.173. The topological polar surface area (TPSA) is 72.4 Å². The van der Waals surface area contributed by atoms with E-state index in [0.717, 1.165) is 12.1 Å². The van der Waals surface area contributed by atoms with E-state index in [-0.39, 0.29) is 23.7 Å². The number of benzene rings is 1. The zero-order valence-electron chi connectivity index (χ0n) is 9.96. The van der Waals surface area contributed by atoms with Gasteiger partial charge in [0.1, 0.15) is 6.26 Å². The summed E-state index contributed by atoms with van der Waals surface area (Å²) in [5, 5.41) is 0. The fourth-order valence-corrected chi connectivity index (χ4v) is 2.38. The number of anilines is 2. The molecular formula is C13H13N3O2. The summed E-state index contributed by atoms with van der Waals surface area (Å²) in [6, 6.07) is 8.02. The first-order valence-electron chi connectivity index (χ1n) is 5.79. The molecule has 1 aromatic heterocycles. The highest BCUT2D eigenvalue weighted by Crippen LogP contribution is 2.32. The lowest BCUT2D eigenvalue weighted by molar-refractivity contribution is 0.0976. The van der Waals surface area contributed by atoms with Gasteiger partial charge in [-0.05, 0) is 25.0 Å². The van der Waals surface area contributed by atoms with Gasteiger partial charge in [0.15, 0.2) is 5.69 Å². The number of carbonyl (C=O) groups excluding carboxylic acids is 1. The number of hydrogen-bond acceptors (Lipinski definition) is 4. The molecule has 92 valence electrons. The molecule has 0 bridgehead atoms. The molecule has 0 saturated heterocycles. The second kappa shape index (κ2) is 3.87. The maximum absolute atomic E-state index is 12.4. The summed E-state index contributed by atoms with van der Waals surface area (Å²) in [7, 11) is 0. The summed E-state index contributed by atoms with van der Waals surface area (Å²) in [6.45, 7) is 2.02. The maximum Gasteiger partial charge on any atom is 0.292 e. The summed E-state index contributed by atoms with van der Waals surface area (Å²) >= 11 is 0. The molecule has 5 heteroatoms. The van der Waals surface area contributed by atoms with Crippen molar-refractivity contribution in [1.82, 2.24) is 4.98 Å². The fourth-order valence-electron chi connectivity index (χ4n) is 2.38. The van der Waals surface area contributed by atoms with Crippen molar-refractivity contribution in [1.29, 1.82) is 0 Å². The first kappa shape index (κ1) is 10.8. The van der Waals surface area contributed by atoms with Gasteiger partial charge < -0.3 is 15.1 Å². The van der Waals surface area contributed by atoms with E-state index in [2.05, 4.69) is 4.98 Å². The van der Waals surface area contributed by atoms with Crippen LogP contribution in [0.4, 0.5) is 11.7 Å². The molecule has 0 radical (unpaired) electrons. The lowest BCUT2D eigenvalue weighted by Gasteiger charge is -2.21. The van der Waals surface area contributed by atoms with E-state index in [1.54, 1.807) is 4.90 Å². The average molecular weight is 243 g/mol. The molecule has 0 fully saturated rings. The lowest BCUT2D eigenvalue weighted by Crippen LogP contribution is -2.35. The van der Waals surface area contributed by atoms with E-state index in [4.69, 9.17) is 10.2 Å². The Kier molecular flexibility index (Phi) is 2.33. The Morgan fingerprint density at radius 3 is 3.00 bits per heavy atom. The van der Waals surface area contributed by atoms with Gasteiger partial charge in [-0.15, -0.1) is 0 Å². The maximum atomic E-state index is 12.4. The van der Waals surface area contributed by atoms with Crippen LogP contribution in [0.1, 0.15) is 23.0 Å². The Morgan fingerprint density at radius 1 is 1.50 bits per heavy atom. The van der Waals surface area contributed by atoms with Crippen LogP contribution >= 0.6 is 0 Å². The number of aromatic nitrogens is 1. The van der Waals surface area contributed by atoms with Crippen LogP contribution in [0.25, 0.3) is 0 Å². The van der Waals surface area contributed by atoms with Gasteiger partial charge >= 0.3 is 0 Å². The Morgan fingerprint density at radius 2 is 2.28 bits per heavy atom. The van der Waals surface area contributed by atoms with Crippen molar-refractivity contribution < 1.29 is 9.21 Å². The van der Waals surface area contributed by atoms with Crippen molar-refractivity contribution in [2.75, 3.05) is 10.6 Å². The van der Waals surface area contributed by atoms with Crippen molar-refractivity contribution in [2.24, 2.45) is 0 Å². The SMILES string of the molecule is CC1Cc2ccccc2N1C(=O)c1coc(N)n1. The van der Waals surface area contributed by atoms with Crippen LogP contribution in [0.2, 0.25) is 0 Å². The predicted molar refractivity (Wildman–Crippen MR) is 67.3 cm³/mol. The van der Waals surface area contributed by atoms with Crippen LogP contribution in [0.5, 0.6) is 0 Å². The number of hydrogen-bond donors (Lipinski definition) is 1. The van der Waals surface area contributed by atoms with Crippen LogP contribution < -0.4 is 10.6 Å². The summed E-state index contributed by atoms with van der Waals surface area (Å²) in [5.74, 6) is -0.173. The smallest absolute Gasteiger partial charge is 0.292 e. The third-order valence-corrected chi connectivity index (χ3v) is 3.17. The number of carbonyl (C=O) groups is 1. The summed E-state index contributed by atoms with van der Waals surface area (Å²) in [6.07, 6.45) is 2.15. The highest BCUT2D eigenvalue weighted by atomic mass is 16.4. The third kappa shape index (κ3) is 1.55. The van der Waals surface area contributed by atoms with E-state index in [0.29, 0.717) is 0 Å². The first-order chi connectivity index (χ1) is 8.66. The molecule has 0 spiro atoms. The van der Waals surface area contributed by atoms with Gasteiger partial charge in [-0.3, -0.25) is 4.79 Å². The lowest BCUT2D eigenvalue weighted by atomic mass is 10.1. The minimum Gasteiger partial charge on any atom is -0.431 e. The molecule has 1 amide bonds. The number of rotatable bonds is 1. The summed E-state index contributed by atoms with van der Waals surface area (Å²) in [5.41, 5.74) is 7.76. The van der Waals surface area contributed by atoms with Gasteiger partial charge in [0.2, 0.25) is 0 Å². The Hall–Kier alpha value is -2.30. The summed E-state index contributed by atoms with van der Waals surface area (Å²) in [4.78, 5) is 18.0. The van der Waals surface area contributed by atoms with Gasteiger partial charge in [0.05, 0.1) is 0 Å². The van der Waals surface area contributed by atoms with Crippen molar-refractivity contribution >= 4 is 17.6 Å². The monoisotopic (exact) mass is 243 g/mol. The van der Waals surface area contributed by atoms with E-state index < -0.39 is 0 Å². The minimum absolute atomic E-state index is 0.0125. The molecule has 2 heterocycles. The quantitative estimate of drug-likeness (QED) is 0.829. The molecule has 0 aliphatic carbocycles. The van der Waals surface area contributed by atoms with Crippen molar-refractivity contribution in [3.63, 3.8) is 0 Å². The average Bonchev–Trinajstić information content (AvgIpc) is 2.91. The summed E-state index contributed by atoms with van der Waals surface area (Å²) < 4.78 is 4.89. The second-order valence-corrected chi connectivity index (χ2v) is 4.43. The van der Waals surface area contributed by atoms with Crippen LogP contribution in [-0.2, 0) is 6.42 Å². The zero-order chi connectivity index (χ0) is 12.7. The molecule has 1 aliphatic rings. The van der Waals surface area contributed by atoms with Crippen LogP contribution in [0, 0.1) is 0 Å². The molecule has 2 N–H and O–H groups in total. The van der Waals surface area contributed by atoms with Crippen LogP contribution in [0.3, 0.4) is 0 Å². The Bertz CT molecular complexity index is 606. The molecule has 0 saturated carbocycles. The largest absolute Gasteiger partial charge is 0.431 e. The fraction of sp³-hybridized carbons (Fsp3) is 0.231. The van der Waals surface area contributed by atoms with Crippen LogP contribution in [-0.4, -0.2) is 16.9 Å². The van der Waals surface area contributed by atoms with Gasteiger partial charge in [0.25, 0.3) is 11.9 Å². The normalized spacial score (nSPS) is 17.8. The number of nitrogens with two attached hydrogens (primary N) is 1. The van der Waals surface area contributed by atoms with Gasteiger partial charge in [-0.25, -0.2) is 0 Å². The molecule has 2 aromatic rings. The Balaban J connectivity index is 2.00. The molecule has 1 aromatic carbocycles. The van der Waals surface area contributed by atoms with Gasteiger partial charge in [-0.1, -0.05) is 18.2 Å². The van der Waals surface area contributed by atoms with Crippen molar-refractivity contribution in [3.05, 3.63) is 41.8 Å². The van der Waals surface area contributed by atoms with Gasteiger partial charge in [0, 0.05) is 11.7 Å². The van der Waals surface area contributed by atoms with Crippen molar-refractivity contribution in [2.45, 2.75) is 19.4 Å². The standard InChI is InChI=1S/C13H13N3O2/c1-8-6-9-4-2-3-5-11(9)16(8)12(17)10-7-18-13(14)15-10/h2-5,7-8H,6H2,1H3,(H2,14,15). The highest BCUT2D eigenvalue weighted by Gasteiger charge is 2.32. The number of nitrogens with zero attached hydrogens (tertiary/aromatic N) is 2. The zero-order valence-corrected chi connectivity index (χ0v) is 9.96. The molecule has 3 rings (SSSR count). The first-order valence-corrected chi connectivity index (χ1v) is 5.79. The molecule has 18 heavy (non-hydrogen) atoms. The predicted octanol–water partition coefficient (Wildman–Crippen LogP) is 1.85. The third-order valence-electron chi connectivity index (χ3n) is 3.17. The molecular weight excluding hydrogens is 230 g/mol. The van der Waals surface area contributed by atoms with E-state index in [1.807, 2.05) is 31.2 Å². The molecule has 1 atom stereocenters. The van der Waals surface area contributed by atoms with Gasteiger partial charge in [-0.2, -0.15) is 4.98 Å². The number of nitrogen functional groups attached to an aromatic ring is 1. The number of fused-ring (bicyclic) bond motifs is 1. The second-order valence-electron chi connectivity index (χ2n) is 4.43. The van der Waals surface area contributed by atoms with E-state index >= 15 is 0 Å². The van der Waals surface area contributed by atoms with E-state index in [1.165, 1.54) is 11.8 Å². The molecule has 5 nitrogen and oxygen atoms in total. The molecule has 1 aliphatic heterocycles.